The Morgan fingerprint density at radius 3 is 2.43 bits per heavy atom. The van der Waals surface area contributed by atoms with Gasteiger partial charge < -0.3 is 4.42 Å². The van der Waals surface area contributed by atoms with Crippen LogP contribution in [0.5, 0.6) is 0 Å². The zero-order valence-electron chi connectivity index (χ0n) is 16.5. The Balaban J connectivity index is 1.94. The van der Waals surface area contributed by atoms with Gasteiger partial charge in [-0.05, 0) is 43.2 Å². The van der Waals surface area contributed by atoms with Crippen molar-refractivity contribution < 1.29 is 17.6 Å². The van der Waals surface area contributed by atoms with Gasteiger partial charge >= 0.3 is 6.01 Å². The summed E-state index contributed by atoms with van der Waals surface area (Å²) in [5.74, 6) is -0.655. The number of amides is 1. The molecule has 8 nitrogen and oxygen atoms in total. The Bertz CT molecular complexity index is 1180. The molecule has 1 heterocycles. The molecule has 30 heavy (non-hydrogen) atoms. The summed E-state index contributed by atoms with van der Waals surface area (Å²) >= 11 is 0. The fourth-order valence-corrected chi connectivity index (χ4v) is 3.30. The molecule has 3 aromatic rings. The Hall–Kier alpha value is -3.64. The topological polar surface area (TPSA) is 116 Å². The van der Waals surface area contributed by atoms with E-state index in [9.17, 15) is 13.2 Å². The number of sulfonamides is 1. The average Bonchev–Trinajstić information content (AvgIpc) is 3.10. The number of nitriles is 1. The van der Waals surface area contributed by atoms with Crippen LogP contribution in [0.25, 0.3) is 0 Å². The summed E-state index contributed by atoms with van der Waals surface area (Å²) in [6.07, 6.45) is 1.57. The standard InChI is InChI=1S/C21H20N4O4S/c1-15-19(20(26)24-30(2,27)28)23-21(29-15)25(13-12-16-6-4-3-5-7-16)18-10-8-17(14-22)9-11-18/h3-11H,12-13H2,1-2H3,(H,24,26). The van der Waals surface area contributed by atoms with Crippen molar-refractivity contribution in [3.63, 3.8) is 0 Å². The second kappa shape index (κ2) is 8.80. The second-order valence-electron chi connectivity index (χ2n) is 6.65. The minimum atomic E-state index is -3.73. The lowest BCUT2D eigenvalue weighted by Gasteiger charge is -2.21. The van der Waals surface area contributed by atoms with E-state index in [4.69, 9.17) is 9.68 Å². The smallest absolute Gasteiger partial charge is 0.302 e. The van der Waals surface area contributed by atoms with Crippen molar-refractivity contribution in [1.82, 2.24) is 9.71 Å². The first-order chi connectivity index (χ1) is 14.3. The van der Waals surface area contributed by atoms with Crippen LogP contribution in [0.3, 0.4) is 0 Å². The first-order valence-corrected chi connectivity index (χ1v) is 11.0. The minimum absolute atomic E-state index is 0.103. The van der Waals surface area contributed by atoms with Gasteiger partial charge in [0.15, 0.2) is 5.69 Å². The van der Waals surface area contributed by atoms with Crippen LogP contribution < -0.4 is 9.62 Å². The molecular formula is C21H20N4O4S. The highest BCUT2D eigenvalue weighted by molar-refractivity contribution is 7.89. The SMILES string of the molecule is Cc1oc(N(CCc2ccccc2)c2ccc(C#N)cc2)nc1C(=O)NS(C)(=O)=O. The van der Waals surface area contributed by atoms with Gasteiger partial charge in [0.1, 0.15) is 5.76 Å². The third kappa shape index (κ3) is 5.24. The van der Waals surface area contributed by atoms with Crippen LogP contribution in [0.4, 0.5) is 11.7 Å². The zero-order valence-corrected chi connectivity index (χ0v) is 17.3. The van der Waals surface area contributed by atoms with E-state index in [0.717, 1.165) is 17.5 Å². The number of anilines is 2. The lowest BCUT2D eigenvalue weighted by atomic mass is 10.1. The summed E-state index contributed by atoms with van der Waals surface area (Å²) in [6, 6.07) is 19.0. The van der Waals surface area contributed by atoms with Crippen molar-refractivity contribution >= 4 is 27.6 Å². The molecular weight excluding hydrogens is 404 g/mol. The van der Waals surface area contributed by atoms with Crippen LogP contribution in [-0.2, 0) is 16.4 Å². The molecule has 2 aromatic carbocycles. The molecule has 3 rings (SSSR count). The number of rotatable bonds is 7. The molecule has 0 fully saturated rings. The van der Waals surface area contributed by atoms with Gasteiger partial charge in [0.05, 0.1) is 17.9 Å². The molecule has 0 atom stereocenters. The Morgan fingerprint density at radius 2 is 1.83 bits per heavy atom. The van der Waals surface area contributed by atoms with Crippen molar-refractivity contribution in [1.29, 1.82) is 5.26 Å². The molecule has 154 valence electrons. The summed E-state index contributed by atoms with van der Waals surface area (Å²) in [6.45, 7) is 2.03. The maximum absolute atomic E-state index is 12.2. The van der Waals surface area contributed by atoms with E-state index in [-0.39, 0.29) is 17.5 Å². The van der Waals surface area contributed by atoms with E-state index < -0.39 is 15.9 Å². The van der Waals surface area contributed by atoms with Crippen LogP contribution >= 0.6 is 0 Å². The molecule has 0 saturated carbocycles. The molecule has 9 heteroatoms. The predicted molar refractivity (Wildman–Crippen MR) is 112 cm³/mol. The number of nitrogens with zero attached hydrogens (tertiary/aromatic N) is 3. The monoisotopic (exact) mass is 424 g/mol. The molecule has 1 aromatic heterocycles. The van der Waals surface area contributed by atoms with Crippen LogP contribution in [0.1, 0.15) is 27.4 Å². The molecule has 0 aliphatic heterocycles. The number of hydrogen-bond acceptors (Lipinski definition) is 7. The third-order valence-electron chi connectivity index (χ3n) is 4.28. The maximum Gasteiger partial charge on any atom is 0.302 e. The lowest BCUT2D eigenvalue weighted by Crippen LogP contribution is -2.30. The fourth-order valence-electron chi connectivity index (χ4n) is 2.86. The first kappa shape index (κ1) is 21.1. The Morgan fingerprint density at radius 1 is 1.17 bits per heavy atom. The predicted octanol–water partition coefficient (Wildman–Crippen LogP) is 2.92. The number of oxazole rings is 1. The Kier molecular flexibility index (Phi) is 6.18. The lowest BCUT2D eigenvalue weighted by molar-refractivity contribution is 0.0976. The van der Waals surface area contributed by atoms with Crippen molar-refractivity contribution in [2.45, 2.75) is 13.3 Å². The molecule has 0 bridgehead atoms. The van der Waals surface area contributed by atoms with Crippen LogP contribution in [-0.4, -0.2) is 32.1 Å². The number of benzene rings is 2. The van der Waals surface area contributed by atoms with E-state index in [1.54, 1.807) is 36.1 Å². The molecule has 0 aliphatic carbocycles. The van der Waals surface area contributed by atoms with Gasteiger partial charge in [-0.2, -0.15) is 10.2 Å². The molecule has 0 saturated heterocycles. The summed E-state index contributed by atoms with van der Waals surface area (Å²) in [4.78, 5) is 18.3. The van der Waals surface area contributed by atoms with Crippen LogP contribution in [0, 0.1) is 18.3 Å². The molecule has 0 aliphatic rings. The van der Waals surface area contributed by atoms with Gasteiger partial charge in [0, 0.05) is 12.2 Å². The van der Waals surface area contributed by atoms with Crippen molar-refractivity contribution in [3.05, 3.63) is 77.2 Å². The highest BCUT2D eigenvalue weighted by atomic mass is 32.2. The van der Waals surface area contributed by atoms with Gasteiger partial charge in [0.2, 0.25) is 10.0 Å². The van der Waals surface area contributed by atoms with Gasteiger partial charge in [-0.3, -0.25) is 9.69 Å². The number of nitrogens with one attached hydrogen (secondary N) is 1. The van der Waals surface area contributed by atoms with Gasteiger partial charge in [-0.15, -0.1) is 0 Å². The normalized spacial score (nSPS) is 11.0. The van der Waals surface area contributed by atoms with E-state index in [1.807, 2.05) is 35.1 Å². The van der Waals surface area contributed by atoms with Crippen molar-refractivity contribution in [3.8, 4) is 6.07 Å². The van der Waals surface area contributed by atoms with E-state index in [2.05, 4.69) is 11.1 Å². The molecule has 0 spiro atoms. The quantitative estimate of drug-likeness (QED) is 0.620. The number of carbonyl (C=O) groups is 1. The number of hydrogen-bond donors (Lipinski definition) is 1. The molecule has 1 amide bonds. The Labute approximate surface area is 174 Å². The summed E-state index contributed by atoms with van der Waals surface area (Å²) in [5, 5.41) is 9.04. The van der Waals surface area contributed by atoms with Gasteiger partial charge in [0.25, 0.3) is 5.91 Å². The number of aromatic nitrogens is 1. The summed E-state index contributed by atoms with van der Waals surface area (Å²) in [5.41, 5.74) is 2.24. The van der Waals surface area contributed by atoms with E-state index in [0.29, 0.717) is 18.5 Å². The first-order valence-electron chi connectivity index (χ1n) is 9.08. The molecule has 0 unspecified atom stereocenters. The third-order valence-corrected chi connectivity index (χ3v) is 4.84. The van der Waals surface area contributed by atoms with Crippen molar-refractivity contribution in [2.75, 3.05) is 17.7 Å². The van der Waals surface area contributed by atoms with E-state index in [1.165, 1.54) is 0 Å². The summed E-state index contributed by atoms with van der Waals surface area (Å²) in [7, 11) is -3.73. The highest BCUT2D eigenvalue weighted by Gasteiger charge is 2.23. The second-order valence-corrected chi connectivity index (χ2v) is 8.40. The zero-order chi connectivity index (χ0) is 21.7. The molecule has 0 radical (unpaired) electrons. The number of aryl methyl sites for hydroxylation is 1. The fraction of sp³-hybridized carbons (Fsp3) is 0.190. The van der Waals surface area contributed by atoms with Crippen LogP contribution in [0.2, 0.25) is 0 Å². The van der Waals surface area contributed by atoms with Gasteiger partial charge in [-0.25, -0.2) is 13.1 Å². The molecule has 1 N–H and O–H groups in total. The number of carbonyl (C=O) groups excluding carboxylic acids is 1. The minimum Gasteiger partial charge on any atom is -0.428 e. The average molecular weight is 424 g/mol. The maximum atomic E-state index is 12.2. The largest absolute Gasteiger partial charge is 0.428 e. The van der Waals surface area contributed by atoms with Crippen LogP contribution in [0.15, 0.2) is 59.0 Å². The summed E-state index contributed by atoms with van der Waals surface area (Å²) < 4.78 is 30.4. The highest BCUT2D eigenvalue weighted by Crippen LogP contribution is 2.27. The van der Waals surface area contributed by atoms with Gasteiger partial charge in [-0.1, -0.05) is 30.3 Å². The van der Waals surface area contributed by atoms with Crippen molar-refractivity contribution in [2.24, 2.45) is 0 Å². The van der Waals surface area contributed by atoms with E-state index >= 15 is 0 Å².